The molecule has 1 amide bonds. The molecule has 2 aliphatic heterocycles. The zero-order chi connectivity index (χ0) is 13.9. The molecule has 110 valence electrons. The molecule has 5 heteroatoms. The van der Waals surface area contributed by atoms with Gasteiger partial charge in [-0.25, -0.2) is 4.98 Å². The first-order valence-corrected chi connectivity index (χ1v) is 7.68. The van der Waals surface area contributed by atoms with Crippen molar-refractivity contribution in [3.05, 3.63) is 17.7 Å². The molecule has 1 aromatic heterocycles. The van der Waals surface area contributed by atoms with Crippen LogP contribution in [0.15, 0.2) is 6.20 Å². The van der Waals surface area contributed by atoms with Crippen molar-refractivity contribution < 1.29 is 9.53 Å². The lowest BCUT2D eigenvalue weighted by molar-refractivity contribution is -0.131. The van der Waals surface area contributed by atoms with Crippen molar-refractivity contribution in [2.75, 3.05) is 13.2 Å². The summed E-state index contributed by atoms with van der Waals surface area (Å²) in [7, 11) is 0. The molecule has 2 aliphatic rings. The average molecular weight is 277 g/mol. The van der Waals surface area contributed by atoms with Gasteiger partial charge in [-0.1, -0.05) is 6.92 Å². The van der Waals surface area contributed by atoms with Gasteiger partial charge in [-0.3, -0.25) is 4.79 Å². The first-order chi connectivity index (χ1) is 9.74. The van der Waals surface area contributed by atoms with Gasteiger partial charge in [0.05, 0.1) is 5.69 Å². The zero-order valence-corrected chi connectivity index (χ0v) is 12.1. The molecule has 20 heavy (non-hydrogen) atoms. The Morgan fingerprint density at radius 3 is 3.20 bits per heavy atom. The van der Waals surface area contributed by atoms with E-state index in [0.717, 1.165) is 31.5 Å². The molecule has 1 N–H and O–H groups in total. The SMILES string of the molecule is C[C@@H]1CCO[C@@H]1C(=O)NCCc1cn2c(n1)CCCC2. The van der Waals surface area contributed by atoms with E-state index >= 15 is 0 Å². The first-order valence-electron chi connectivity index (χ1n) is 7.68. The fourth-order valence-corrected chi connectivity index (χ4v) is 3.04. The van der Waals surface area contributed by atoms with E-state index in [1.807, 2.05) is 0 Å². The van der Waals surface area contributed by atoms with Crippen LogP contribution in [-0.4, -0.2) is 34.7 Å². The Morgan fingerprint density at radius 1 is 1.55 bits per heavy atom. The van der Waals surface area contributed by atoms with Crippen molar-refractivity contribution in [2.45, 2.75) is 51.7 Å². The number of amides is 1. The number of imidazole rings is 1. The normalized spacial score (nSPS) is 25.4. The number of fused-ring (bicyclic) bond motifs is 1. The number of rotatable bonds is 4. The van der Waals surface area contributed by atoms with Crippen LogP contribution in [0.25, 0.3) is 0 Å². The molecule has 5 nitrogen and oxygen atoms in total. The summed E-state index contributed by atoms with van der Waals surface area (Å²) in [5, 5.41) is 2.97. The highest BCUT2D eigenvalue weighted by Crippen LogP contribution is 2.20. The lowest BCUT2D eigenvalue weighted by atomic mass is 10.0. The minimum atomic E-state index is -0.259. The second-order valence-electron chi connectivity index (χ2n) is 5.90. The molecule has 0 spiro atoms. The van der Waals surface area contributed by atoms with Crippen LogP contribution in [0.1, 0.15) is 37.7 Å². The number of hydrogen-bond donors (Lipinski definition) is 1. The maximum absolute atomic E-state index is 12.0. The van der Waals surface area contributed by atoms with Crippen LogP contribution in [0.3, 0.4) is 0 Å². The predicted octanol–water partition coefficient (Wildman–Crippen LogP) is 1.30. The lowest BCUT2D eigenvalue weighted by Gasteiger charge is -2.13. The van der Waals surface area contributed by atoms with Crippen molar-refractivity contribution >= 4 is 5.91 Å². The molecule has 3 heterocycles. The Kier molecular flexibility index (Phi) is 4.05. The minimum absolute atomic E-state index is 0.0268. The molecular weight excluding hydrogens is 254 g/mol. The monoisotopic (exact) mass is 277 g/mol. The highest BCUT2D eigenvalue weighted by atomic mass is 16.5. The topological polar surface area (TPSA) is 56.1 Å². The van der Waals surface area contributed by atoms with Gasteiger partial charge in [0.2, 0.25) is 5.91 Å². The summed E-state index contributed by atoms with van der Waals surface area (Å²) in [6, 6.07) is 0. The van der Waals surface area contributed by atoms with Crippen LogP contribution >= 0.6 is 0 Å². The van der Waals surface area contributed by atoms with E-state index < -0.39 is 0 Å². The Hall–Kier alpha value is -1.36. The standard InChI is InChI=1S/C15H23N3O2/c1-11-6-9-20-14(11)15(19)16-7-5-12-10-18-8-3-2-4-13(18)17-12/h10-11,14H,2-9H2,1H3,(H,16,19)/t11-,14+/m1/s1. The molecule has 1 fully saturated rings. The van der Waals surface area contributed by atoms with E-state index in [0.29, 0.717) is 19.1 Å². The summed E-state index contributed by atoms with van der Waals surface area (Å²) in [4.78, 5) is 16.6. The van der Waals surface area contributed by atoms with Crippen molar-refractivity contribution in [3.8, 4) is 0 Å². The van der Waals surface area contributed by atoms with Crippen LogP contribution < -0.4 is 5.32 Å². The van der Waals surface area contributed by atoms with E-state index in [1.54, 1.807) is 0 Å². The molecule has 0 aliphatic carbocycles. The van der Waals surface area contributed by atoms with Crippen LogP contribution in [0.5, 0.6) is 0 Å². The number of nitrogens with one attached hydrogen (secondary N) is 1. The Bertz CT molecular complexity index is 460. The number of ether oxygens (including phenoxy) is 1. The lowest BCUT2D eigenvalue weighted by Crippen LogP contribution is -2.38. The summed E-state index contributed by atoms with van der Waals surface area (Å²) in [5.41, 5.74) is 1.09. The number of carbonyl (C=O) groups is 1. The fourth-order valence-electron chi connectivity index (χ4n) is 3.04. The Morgan fingerprint density at radius 2 is 2.45 bits per heavy atom. The predicted molar refractivity (Wildman–Crippen MR) is 75.4 cm³/mol. The van der Waals surface area contributed by atoms with Crippen LogP contribution in [0.4, 0.5) is 0 Å². The third kappa shape index (κ3) is 2.87. The molecule has 3 rings (SSSR count). The third-order valence-corrected chi connectivity index (χ3v) is 4.28. The van der Waals surface area contributed by atoms with Gasteiger partial charge < -0.3 is 14.6 Å². The molecule has 1 aromatic rings. The van der Waals surface area contributed by atoms with Crippen LogP contribution in [0, 0.1) is 5.92 Å². The number of nitrogens with zero attached hydrogens (tertiary/aromatic N) is 2. The molecular formula is C15H23N3O2. The highest BCUT2D eigenvalue weighted by Gasteiger charge is 2.30. The summed E-state index contributed by atoms with van der Waals surface area (Å²) in [5.74, 6) is 1.55. The Balaban J connectivity index is 1.47. The fraction of sp³-hybridized carbons (Fsp3) is 0.733. The molecule has 0 unspecified atom stereocenters. The highest BCUT2D eigenvalue weighted by molar-refractivity contribution is 5.81. The van der Waals surface area contributed by atoms with Crippen LogP contribution in [-0.2, 0) is 28.9 Å². The maximum atomic E-state index is 12.0. The second kappa shape index (κ2) is 5.95. The van der Waals surface area contributed by atoms with Crippen LogP contribution in [0.2, 0.25) is 0 Å². The molecule has 1 saturated heterocycles. The van der Waals surface area contributed by atoms with Crippen molar-refractivity contribution in [1.29, 1.82) is 0 Å². The van der Waals surface area contributed by atoms with Gasteiger partial charge in [-0.2, -0.15) is 0 Å². The molecule has 2 atom stereocenters. The van der Waals surface area contributed by atoms with Gasteiger partial charge >= 0.3 is 0 Å². The van der Waals surface area contributed by atoms with Gasteiger partial charge in [-0.15, -0.1) is 0 Å². The zero-order valence-electron chi connectivity index (χ0n) is 12.1. The van der Waals surface area contributed by atoms with E-state index in [4.69, 9.17) is 4.74 Å². The van der Waals surface area contributed by atoms with Gasteiger partial charge in [0.1, 0.15) is 11.9 Å². The first kappa shape index (κ1) is 13.6. The smallest absolute Gasteiger partial charge is 0.249 e. The number of aromatic nitrogens is 2. The van der Waals surface area contributed by atoms with Gasteiger partial charge in [-0.05, 0) is 25.2 Å². The molecule has 0 bridgehead atoms. The molecule has 0 saturated carbocycles. The summed E-state index contributed by atoms with van der Waals surface area (Å²) < 4.78 is 7.72. The van der Waals surface area contributed by atoms with E-state index in [1.165, 1.54) is 18.7 Å². The number of hydrogen-bond acceptors (Lipinski definition) is 3. The average Bonchev–Trinajstić information content (AvgIpc) is 3.04. The minimum Gasteiger partial charge on any atom is -0.368 e. The van der Waals surface area contributed by atoms with E-state index in [2.05, 4.69) is 28.0 Å². The van der Waals surface area contributed by atoms with Crippen molar-refractivity contribution in [1.82, 2.24) is 14.9 Å². The summed E-state index contributed by atoms with van der Waals surface area (Å²) in [6.07, 6.45) is 7.22. The Labute approximate surface area is 119 Å². The largest absolute Gasteiger partial charge is 0.368 e. The van der Waals surface area contributed by atoms with Gasteiger partial charge in [0.25, 0.3) is 0 Å². The quantitative estimate of drug-likeness (QED) is 0.902. The van der Waals surface area contributed by atoms with Crippen molar-refractivity contribution in [2.24, 2.45) is 5.92 Å². The van der Waals surface area contributed by atoms with Gasteiger partial charge in [0.15, 0.2) is 0 Å². The summed E-state index contributed by atoms with van der Waals surface area (Å²) >= 11 is 0. The van der Waals surface area contributed by atoms with Gasteiger partial charge in [0, 0.05) is 38.7 Å². The molecule has 0 radical (unpaired) electrons. The number of carbonyl (C=O) groups excluding carboxylic acids is 1. The third-order valence-electron chi connectivity index (χ3n) is 4.28. The van der Waals surface area contributed by atoms with E-state index in [9.17, 15) is 4.79 Å². The second-order valence-corrected chi connectivity index (χ2v) is 5.90. The van der Waals surface area contributed by atoms with Crippen molar-refractivity contribution in [3.63, 3.8) is 0 Å². The maximum Gasteiger partial charge on any atom is 0.249 e. The summed E-state index contributed by atoms with van der Waals surface area (Å²) in [6.45, 7) is 4.50. The number of aryl methyl sites for hydroxylation is 2. The van der Waals surface area contributed by atoms with E-state index in [-0.39, 0.29) is 12.0 Å². The molecule has 0 aromatic carbocycles.